The molecule has 0 amide bonds. The minimum absolute atomic E-state index is 0.00552. The van der Waals surface area contributed by atoms with E-state index in [2.05, 4.69) is 0 Å². The highest BCUT2D eigenvalue weighted by molar-refractivity contribution is 7.89. The lowest BCUT2D eigenvalue weighted by atomic mass is 10.2. The summed E-state index contributed by atoms with van der Waals surface area (Å²) in [7, 11) is -3.83. The van der Waals surface area contributed by atoms with Crippen molar-refractivity contribution in [2.45, 2.75) is 23.8 Å². The molecule has 0 aliphatic carbocycles. The Kier molecular flexibility index (Phi) is 3.47. The van der Waals surface area contributed by atoms with Crippen molar-refractivity contribution < 1.29 is 13.5 Å². The number of hydrogen-bond acceptors (Lipinski definition) is 5. The number of anilines is 2. The highest BCUT2D eigenvalue weighted by Crippen LogP contribution is 2.32. The first-order chi connectivity index (χ1) is 8.43. The van der Waals surface area contributed by atoms with E-state index in [4.69, 9.17) is 10.9 Å². The van der Waals surface area contributed by atoms with Gasteiger partial charge in [-0.15, -0.1) is 0 Å². The molecule has 1 fully saturated rings. The molecule has 6 nitrogen and oxygen atoms in total. The van der Waals surface area contributed by atoms with Gasteiger partial charge >= 0.3 is 0 Å². The van der Waals surface area contributed by atoms with Crippen LogP contribution >= 0.6 is 0 Å². The van der Waals surface area contributed by atoms with Crippen molar-refractivity contribution in [1.29, 1.82) is 0 Å². The Morgan fingerprint density at radius 1 is 1.44 bits per heavy atom. The van der Waals surface area contributed by atoms with Crippen LogP contribution in [0.5, 0.6) is 0 Å². The third-order valence-corrected chi connectivity index (χ3v) is 4.13. The molecular formula is C11H17N3O3S. The molecule has 2 rings (SSSR count). The van der Waals surface area contributed by atoms with Crippen molar-refractivity contribution in [3.63, 3.8) is 0 Å². The van der Waals surface area contributed by atoms with E-state index < -0.39 is 10.0 Å². The molecule has 1 aromatic carbocycles. The van der Waals surface area contributed by atoms with Crippen LogP contribution in [0.1, 0.15) is 12.8 Å². The lowest BCUT2D eigenvalue weighted by molar-refractivity contribution is 0.266. The van der Waals surface area contributed by atoms with Crippen molar-refractivity contribution >= 4 is 21.4 Å². The predicted molar refractivity (Wildman–Crippen MR) is 69.7 cm³/mol. The van der Waals surface area contributed by atoms with Gasteiger partial charge < -0.3 is 15.7 Å². The van der Waals surface area contributed by atoms with Gasteiger partial charge in [-0.25, -0.2) is 13.6 Å². The molecule has 0 radical (unpaired) electrons. The summed E-state index contributed by atoms with van der Waals surface area (Å²) in [5, 5.41) is 14.5. The molecule has 1 unspecified atom stereocenters. The summed E-state index contributed by atoms with van der Waals surface area (Å²) in [5.74, 6) is 0. The monoisotopic (exact) mass is 271 g/mol. The molecule has 100 valence electrons. The smallest absolute Gasteiger partial charge is 0.240 e. The molecule has 0 spiro atoms. The minimum atomic E-state index is -3.83. The Bertz CT molecular complexity index is 544. The first-order valence-corrected chi connectivity index (χ1v) is 7.28. The number of sulfonamides is 1. The lowest BCUT2D eigenvalue weighted by Gasteiger charge is -2.27. The summed E-state index contributed by atoms with van der Waals surface area (Å²) in [4.78, 5) is 1.89. The predicted octanol–water partition coefficient (Wildman–Crippen LogP) is -0.123. The molecule has 1 atom stereocenters. The number of benzene rings is 1. The van der Waals surface area contributed by atoms with E-state index in [9.17, 15) is 13.5 Å². The van der Waals surface area contributed by atoms with Crippen LogP contribution in [0.15, 0.2) is 23.1 Å². The second kappa shape index (κ2) is 4.75. The number of aliphatic hydroxyl groups excluding tert-OH is 1. The topological polar surface area (TPSA) is 110 Å². The number of primary sulfonamides is 1. The van der Waals surface area contributed by atoms with Crippen LogP contribution in [-0.2, 0) is 10.0 Å². The van der Waals surface area contributed by atoms with E-state index in [0.717, 1.165) is 12.8 Å². The minimum Gasteiger partial charge on any atom is -0.399 e. The third kappa shape index (κ3) is 2.43. The fraction of sp³-hybridized carbons (Fsp3) is 0.455. The van der Waals surface area contributed by atoms with Crippen molar-refractivity contribution in [3.05, 3.63) is 18.2 Å². The average Bonchev–Trinajstić information content (AvgIpc) is 2.75. The number of aliphatic hydroxyl groups is 1. The second-order valence-electron chi connectivity index (χ2n) is 4.44. The maximum atomic E-state index is 11.6. The standard InChI is InChI=1S/C11H17N3O3S/c12-8-3-4-10(11(6-8)18(13,16)17)14-5-1-2-9(14)7-15/h3-4,6,9,15H,1-2,5,7,12H2,(H2,13,16,17). The SMILES string of the molecule is Nc1ccc(N2CCCC2CO)c(S(N)(=O)=O)c1. The summed E-state index contributed by atoms with van der Waals surface area (Å²) >= 11 is 0. The van der Waals surface area contributed by atoms with Crippen molar-refractivity contribution in [2.75, 3.05) is 23.8 Å². The highest BCUT2D eigenvalue weighted by Gasteiger charge is 2.28. The Balaban J connectivity index is 2.51. The first kappa shape index (κ1) is 13.1. The van der Waals surface area contributed by atoms with Gasteiger partial charge in [0.05, 0.1) is 18.3 Å². The summed E-state index contributed by atoms with van der Waals surface area (Å²) in [6.07, 6.45) is 1.75. The summed E-state index contributed by atoms with van der Waals surface area (Å²) < 4.78 is 23.2. The van der Waals surface area contributed by atoms with Crippen LogP contribution in [0.2, 0.25) is 0 Å². The Hall–Kier alpha value is -1.31. The van der Waals surface area contributed by atoms with E-state index in [-0.39, 0.29) is 17.5 Å². The van der Waals surface area contributed by atoms with Crippen LogP contribution in [0, 0.1) is 0 Å². The van der Waals surface area contributed by atoms with Gasteiger partial charge in [0, 0.05) is 12.2 Å². The second-order valence-corrected chi connectivity index (χ2v) is 5.97. The largest absolute Gasteiger partial charge is 0.399 e. The van der Waals surface area contributed by atoms with E-state index in [1.54, 1.807) is 12.1 Å². The maximum absolute atomic E-state index is 11.6. The summed E-state index contributed by atoms with van der Waals surface area (Å²) in [6.45, 7) is 0.700. The molecule has 5 N–H and O–H groups in total. The zero-order valence-corrected chi connectivity index (χ0v) is 10.7. The zero-order chi connectivity index (χ0) is 13.3. The maximum Gasteiger partial charge on any atom is 0.240 e. The normalized spacial score (nSPS) is 20.3. The number of nitrogens with zero attached hydrogens (tertiary/aromatic N) is 1. The van der Waals surface area contributed by atoms with E-state index in [0.29, 0.717) is 17.9 Å². The third-order valence-electron chi connectivity index (χ3n) is 3.19. The molecule has 18 heavy (non-hydrogen) atoms. The Morgan fingerprint density at radius 3 is 2.78 bits per heavy atom. The molecule has 1 aromatic rings. The van der Waals surface area contributed by atoms with E-state index in [1.807, 2.05) is 4.90 Å². The number of nitrogen functional groups attached to an aromatic ring is 1. The highest BCUT2D eigenvalue weighted by atomic mass is 32.2. The summed E-state index contributed by atoms with van der Waals surface area (Å²) in [5.41, 5.74) is 6.47. The number of nitrogens with two attached hydrogens (primary N) is 2. The molecule has 0 bridgehead atoms. The molecule has 7 heteroatoms. The number of rotatable bonds is 3. The van der Waals surface area contributed by atoms with Crippen LogP contribution in [0.4, 0.5) is 11.4 Å². The van der Waals surface area contributed by atoms with Crippen LogP contribution in [0.25, 0.3) is 0 Å². The lowest BCUT2D eigenvalue weighted by Crippen LogP contribution is -2.33. The molecule has 1 aliphatic heterocycles. The molecule has 1 aliphatic rings. The van der Waals surface area contributed by atoms with Gasteiger partial charge in [-0.3, -0.25) is 0 Å². The number of hydrogen-bond donors (Lipinski definition) is 3. The van der Waals surface area contributed by atoms with Gasteiger partial charge in [0.25, 0.3) is 0 Å². The Labute approximate surface area is 106 Å². The van der Waals surface area contributed by atoms with Crippen molar-refractivity contribution in [2.24, 2.45) is 5.14 Å². The first-order valence-electron chi connectivity index (χ1n) is 5.73. The van der Waals surface area contributed by atoms with Crippen LogP contribution in [-0.4, -0.2) is 32.7 Å². The van der Waals surface area contributed by atoms with E-state index >= 15 is 0 Å². The van der Waals surface area contributed by atoms with Gasteiger partial charge in [0.2, 0.25) is 10.0 Å². The van der Waals surface area contributed by atoms with Crippen LogP contribution in [0.3, 0.4) is 0 Å². The van der Waals surface area contributed by atoms with Gasteiger partial charge in [-0.1, -0.05) is 0 Å². The van der Waals surface area contributed by atoms with Crippen molar-refractivity contribution in [1.82, 2.24) is 0 Å². The molecule has 1 saturated heterocycles. The van der Waals surface area contributed by atoms with Crippen molar-refractivity contribution in [3.8, 4) is 0 Å². The fourth-order valence-corrected chi connectivity index (χ4v) is 3.12. The zero-order valence-electron chi connectivity index (χ0n) is 9.91. The van der Waals surface area contributed by atoms with Crippen LogP contribution < -0.4 is 15.8 Å². The molecule has 0 saturated carbocycles. The Morgan fingerprint density at radius 2 is 2.17 bits per heavy atom. The quantitative estimate of drug-likeness (QED) is 0.664. The average molecular weight is 271 g/mol. The van der Waals surface area contributed by atoms with Gasteiger partial charge in [0.15, 0.2) is 0 Å². The van der Waals surface area contributed by atoms with E-state index in [1.165, 1.54) is 6.07 Å². The molecule has 0 aromatic heterocycles. The van der Waals surface area contributed by atoms with Gasteiger partial charge in [0.1, 0.15) is 4.90 Å². The molecular weight excluding hydrogens is 254 g/mol. The van der Waals surface area contributed by atoms with Gasteiger partial charge in [-0.05, 0) is 31.0 Å². The fourth-order valence-electron chi connectivity index (χ4n) is 2.34. The van der Waals surface area contributed by atoms with Gasteiger partial charge in [-0.2, -0.15) is 0 Å². The molecule has 1 heterocycles. The summed E-state index contributed by atoms with van der Waals surface area (Å²) in [6, 6.07) is 4.58.